The van der Waals surface area contributed by atoms with Gasteiger partial charge < -0.3 is 13.7 Å². The maximum atomic E-state index is 6.91. The predicted molar refractivity (Wildman–Crippen MR) is 143 cm³/mol. The zero-order chi connectivity index (χ0) is 24.3. The Morgan fingerprint density at radius 1 is 0.706 bits per heavy atom. The molecule has 3 aromatic carbocycles. The van der Waals surface area contributed by atoms with Gasteiger partial charge in [0.05, 0.1) is 19.3 Å². The van der Waals surface area contributed by atoms with Crippen LogP contribution in [0.2, 0.25) is 0 Å². The molecule has 0 amide bonds. The van der Waals surface area contributed by atoms with Gasteiger partial charge in [-0.2, -0.15) is 0 Å². The first kappa shape index (κ1) is 26.5. The Balaban J connectivity index is 1.52. The van der Waals surface area contributed by atoms with E-state index in [9.17, 15) is 0 Å². The molecule has 0 fully saturated rings. The smallest absolute Gasteiger partial charge is 0.0716 e. The monoisotopic (exact) mass is 480 g/mol. The SMILES string of the molecule is CC(CCOS(c1ccccc1)(c1ccccc1)C(C)(C)C)OCCCOCc1ccccc1. The number of hydrogen-bond acceptors (Lipinski definition) is 3. The van der Waals surface area contributed by atoms with Gasteiger partial charge in [-0.25, -0.2) is 0 Å². The fourth-order valence-electron chi connectivity index (χ4n) is 4.01. The summed E-state index contributed by atoms with van der Waals surface area (Å²) in [4.78, 5) is 2.52. The fourth-order valence-corrected chi connectivity index (χ4v) is 7.75. The van der Waals surface area contributed by atoms with Crippen LogP contribution in [0.4, 0.5) is 0 Å². The van der Waals surface area contributed by atoms with Crippen LogP contribution in [0, 0.1) is 0 Å². The molecular weight excluding hydrogens is 440 g/mol. The molecule has 3 nitrogen and oxygen atoms in total. The van der Waals surface area contributed by atoms with Crippen LogP contribution in [-0.4, -0.2) is 30.7 Å². The Labute approximate surface area is 208 Å². The summed E-state index contributed by atoms with van der Waals surface area (Å²) in [5.41, 5.74) is 1.20. The third kappa shape index (κ3) is 7.19. The zero-order valence-electron chi connectivity index (χ0n) is 21.1. The molecular formula is C30H40O3S. The molecule has 3 aromatic rings. The van der Waals surface area contributed by atoms with Crippen LogP contribution in [0.1, 0.15) is 46.1 Å². The van der Waals surface area contributed by atoms with Crippen molar-refractivity contribution in [2.24, 2.45) is 0 Å². The summed E-state index contributed by atoms with van der Waals surface area (Å²) in [7, 11) is -1.70. The molecule has 0 radical (unpaired) electrons. The Bertz CT molecular complexity index is 900. The van der Waals surface area contributed by atoms with Gasteiger partial charge >= 0.3 is 0 Å². The van der Waals surface area contributed by atoms with Gasteiger partial charge in [0.15, 0.2) is 0 Å². The maximum Gasteiger partial charge on any atom is 0.0716 e. The highest BCUT2D eigenvalue weighted by atomic mass is 32.3. The topological polar surface area (TPSA) is 27.7 Å². The lowest BCUT2D eigenvalue weighted by Crippen LogP contribution is -2.28. The summed E-state index contributed by atoms with van der Waals surface area (Å²) < 4.78 is 18.7. The van der Waals surface area contributed by atoms with Gasteiger partial charge in [0.25, 0.3) is 0 Å². The Kier molecular flexibility index (Phi) is 10.2. The van der Waals surface area contributed by atoms with E-state index in [0.717, 1.165) is 12.8 Å². The molecule has 0 aliphatic rings. The molecule has 0 heterocycles. The standard InChI is InChI=1S/C30H40O3S/c1-26(32-23-14-22-31-25-27-15-8-5-9-16-27)21-24-33-34(30(2,3)4,28-17-10-6-11-18-28)29-19-12-7-13-20-29/h5-13,15-20,26H,14,21-25H2,1-4H3. The Morgan fingerprint density at radius 2 is 1.24 bits per heavy atom. The number of benzene rings is 3. The molecule has 0 spiro atoms. The third-order valence-electron chi connectivity index (χ3n) is 5.74. The average molecular weight is 481 g/mol. The molecule has 0 aromatic heterocycles. The number of hydrogen-bond donors (Lipinski definition) is 0. The quantitative estimate of drug-likeness (QED) is 0.232. The molecule has 1 atom stereocenters. The van der Waals surface area contributed by atoms with Crippen molar-refractivity contribution in [2.45, 2.75) is 67.8 Å². The fraction of sp³-hybridized carbons (Fsp3) is 0.400. The van der Waals surface area contributed by atoms with Crippen molar-refractivity contribution in [1.29, 1.82) is 0 Å². The first-order valence-electron chi connectivity index (χ1n) is 12.2. The molecule has 0 aliphatic carbocycles. The number of ether oxygens (including phenoxy) is 2. The molecule has 0 N–H and O–H groups in total. The summed E-state index contributed by atoms with van der Waals surface area (Å²) in [6.07, 6.45) is 1.89. The maximum absolute atomic E-state index is 6.91. The zero-order valence-corrected chi connectivity index (χ0v) is 21.9. The van der Waals surface area contributed by atoms with Crippen molar-refractivity contribution in [3.63, 3.8) is 0 Å². The minimum Gasteiger partial charge on any atom is -0.378 e. The third-order valence-corrected chi connectivity index (χ3v) is 9.86. The molecule has 0 bridgehead atoms. The van der Waals surface area contributed by atoms with E-state index < -0.39 is 10.3 Å². The van der Waals surface area contributed by atoms with E-state index in [1.165, 1.54) is 15.4 Å². The van der Waals surface area contributed by atoms with Gasteiger partial charge in [-0.05, 0) is 70.4 Å². The highest BCUT2D eigenvalue weighted by molar-refractivity contribution is 8.31. The Hall–Kier alpha value is -2.11. The molecule has 4 heteroatoms. The van der Waals surface area contributed by atoms with Crippen molar-refractivity contribution in [1.82, 2.24) is 0 Å². The summed E-state index contributed by atoms with van der Waals surface area (Å²) in [5.74, 6) is 0. The first-order valence-corrected chi connectivity index (χ1v) is 13.8. The van der Waals surface area contributed by atoms with Gasteiger partial charge in [-0.1, -0.05) is 77.0 Å². The average Bonchev–Trinajstić information content (AvgIpc) is 2.85. The minimum absolute atomic E-state index is 0.0596. The van der Waals surface area contributed by atoms with E-state index in [-0.39, 0.29) is 10.9 Å². The molecule has 0 saturated heterocycles. The normalized spacial score (nSPS) is 13.5. The first-order chi connectivity index (χ1) is 16.4. The molecule has 1 unspecified atom stereocenters. The van der Waals surface area contributed by atoms with Crippen molar-refractivity contribution in [2.75, 3.05) is 19.8 Å². The number of rotatable bonds is 13. The van der Waals surface area contributed by atoms with Crippen LogP contribution in [0.25, 0.3) is 0 Å². The second kappa shape index (κ2) is 13.1. The molecule has 184 valence electrons. The van der Waals surface area contributed by atoms with Crippen molar-refractivity contribution in [3.05, 3.63) is 96.6 Å². The van der Waals surface area contributed by atoms with Crippen molar-refractivity contribution < 1.29 is 13.7 Å². The molecule has 34 heavy (non-hydrogen) atoms. The Morgan fingerprint density at radius 3 is 1.76 bits per heavy atom. The van der Waals surface area contributed by atoms with E-state index in [0.29, 0.717) is 26.4 Å². The lowest BCUT2D eigenvalue weighted by Gasteiger charge is -2.50. The van der Waals surface area contributed by atoms with Crippen molar-refractivity contribution in [3.8, 4) is 0 Å². The summed E-state index contributed by atoms with van der Waals surface area (Å²) >= 11 is 0. The van der Waals surface area contributed by atoms with E-state index in [4.69, 9.17) is 13.7 Å². The van der Waals surface area contributed by atoms with Crippen LogP contribution in [-0.2, 0) is 20.3 Å². The van der Waals surface area contributed by atoms with E-state index >= 15 is 0 Å². The van der Waals surface area contributed by atoms with Gasteiger partial charge in [0.2, 0.25) is 0 Å². The second-order valence-corrected chi connectivity index (χ2v) is 13.0. The summed E-state index contributed by atoms with van der Waals surface area (Å²) in [5, 5.41) is 0. The van der Waals surface area contributed by atoms with Crippen LogP contribution in [0.15, 0.2) is 101 Å². The molecule has 3 rings (SSSR count). The van der Waals surface area contributed by atoms with Crippen LogP contribution in [0.3, 0.4) is 0 Å². The van der Waals surface area contributed by atoms with E-state index in [1.54, 1.807) is 0 Å². The molecule has 0 saturated carbocycles. The lowest BCUT2D eigenvalue weighted by molar-refractivity contribution is 0.0300. The lowest BCUT2D eigenvalue weighted by atomic mass is 10.2. The largest absolute Gasteiger partial charge is 0.378 e. The van der Waals surface area contributed by atoms with Crippen LogP contribution in [0.5, 0.6) is 0 Å². The highest BCUT2D eigenvalue weighted by Crippen LogP contribution is 2.71. The van der Waals surface area contributed by atoms with Gasteiger partial charge in [0.1, 0.15) is 0 Å². The minimum atomic E-state index is -1.70. The highest BCUT2D eigenvalue weighted by Gasteiger charge is 2.41. The van der Waals surface area contributed by atoms with Crippen molar-refractivity contribution >= 4 is 10.3 Å². The summed E-state index contributed by atoms with van der Waals surface area (Å²) in [6.45, 7) is 11.7. The van der Waals surface area contributed by atoms with Gasteiger partial charge in [-0.15, -0.1) is 0 Å². The van der Waals surface area contributed by atoms with Gasteiger partial charge in [-0.3, -0.25) is 0 Å². The summed E-state index contributed by atoms with van der Waals surface area (Å²) in [6, 6.07) is 31.7. The predicted octanol–water partition coefficient (Wildman–Crippen LogP) is 8.04. The van der Waals surface area contributed by atoms with Crippen LogP contribution < -0.4 is 0 Å². The second-order valence-electron chi connectivity index (χ2n) is 9.48. The molecule has 0 aliphatic heterocycles. The van der Waals surface area contributed by atoms with Gasteiger partial charge in [0, 0.05) is 27.8 Å². The van der Waals surface area contributed by atoms with E-state index in [1.807, 2.05) is 18.2 Å². The van der Waals surface area contributed by atoms with E-state index in [2.05, 4.69) is 100 Å². The van der Waals surface area contributed by atoms with Crippen LogP contribution >= 0.6 is 10.3 Å².